The minimum Gasteiger partial charge on any atom is -0.382 e. The van der Waals surface area contributed by atoms with Crippen LogP contribution in [0.2, 0.25) is 0 Å². The number of rotatable bonds is 8. The molecule has 0 saturated heterocycles. The van der Waals surface area contributed by atoms with E-state index in [1.54, 1.807) is 67.2 Å². The number of hydrogen-bond donors (Lipinski definition) is 6. The second-order valence-corrected chi connectivity index (χ2v) is 19.2. The zero-order chi connectivity index (χ0) is 56.5. The minimum absolute atomic E-state index is 0.198. The Morgan fingerprint density at radius 2 is 0.963 bits per heavy atom. The highest BCUT2D eigenvalue weighted by molar-refractivity contribution is 6.05. The third kappa shape index (κ3) is 9.35. The van der Waals surface area contributed by atoms with Crippen molar-refractivity contribution >= 4 is 46.1 Å². The first kappa shape index (κ1) is 52.5. The number of halogens is 6. The molecule has 2 aromatic carbocycles. The molecule has 8 heterocycles. The molecular weight excluding hydrogens is 1050 g/mol. The van der Waals surface area contributed by atoms with Crippen molar-refractivity contribution in [2.45, 2.75) is 62.1 Å². The van der Waals surface area contributed by atoms with Gasteiger partial charge in [0.2, 0.25) is 0 Å². The Kier molecular flexibility index (Phi) is 12.9. The standard InChI is InChI=1S/2C27H23F3N8O2/c2*1-37-19-3-2-9-26(40,18(19)14-34-37)25-36-21(22-23(31)33-11-12-38(22)25)15-4-6-16(7-5-15)24(39)35-20-13-17(8-10-32-20)27(28,29)30/h2*4-8,10-14,40H,2-3,9H2,1H3,(H2,31,33)(H,32,35,39)/t2*26-/m10/s1. The van der Waals surface area contributed by atoms with Crippen molar-refractivity contribution in [2.24, 2.45) is 14.1 Å². The molecule has 8 aromatic heterocycles. The summed E-state index contributed by atoms with van der Waals surface area (Å²) in [6, 6.07) is 15.8. The van der Waals surface area contributed by atoms with Crippen LogP contribution in [0.1, 0.15) is 91.7 Å². The number of imidazole rings is 2. The number of amides is 2. The SMILES string of the molecule is Cn1ncc2c1CCC[C@@]2(O)c1nc(-c2ccc(C(=O)Nc3cc(C(F)(F)F)ccn3)cc2)c2c(N)nccn12.Cn1ncc2c1CCC[C@]2(O)c1nc(-c2ccc(C(=O)Nc3cc(C(F)(F)F)ccn3)cc2)c2c(N)nccn12. The van der Waals surface area contributed by atoms with Crippen LogP contribution in [-0.2, 0) is 50.5 Å². The van der Waals surface area contributed by atoms with E-state index in [0.717, 1.165) is 73.7 Å². The van der Waals surface area contributed by atoms with Gasteiger partial charge >= 0.3 is 12.4 Å². The van der Waals surface area contributed by atoms with Gasteiger partial charge in [0.25, 0.3) is 11.8 Å². The molecule has 0 fully saturated rings. The van der Waals surface area contributed by atoms with Crippen molar-refractivity contribution in [3.8, 4) is 22.5 Å². The molecule has 0 saturated carbocycles. The van der Waals surface area contributed by atoms with Crippen molar-refractivity contribution < 1.29 is 46.1 Å². The van der Waals surface area contributed by atoms with Crippen LogP contribution in [0.15, 0.2) is 122 Å². The molecule has 12 rings (SSSR count). The lowest BCUT2D eigenvalue weighted by Gasteiger charge is -2.31. The second kappa shape index (κ2) is 19.7. The van der Waals surface area contributed by atoms with Crippen LogP contribution in [0.3, 0.4) is 0 Å². The van der Waals surface area contributed by atoms with Crippen molar-refractivity contribution in [3.05, 3.63) is 179 Å². The highest BCUT2D eigenvalue weighted by Gasteiger charge is 2.44. The Balaban J connectivity index is 0.000000169. The normalized spacial score (nSPS) is 17.1. The zero-order valence-electron chi connectivity index (χ0n) is 42.3. The third-order valence-electron chi connectivity index (χ3n) is 14.3. The summed E-state index contributed by atoms with van der Waals surface area (Å²) >= 11 is 0. The highest BCUT2D eigenvalue weighted by Crippen LogP contribution is 2.44. The fourth-order valence-corrected chi connectivity index (χ4v) is 10.4. The molecule has 0 unspecified atom stereocenters. The molecule has 20 nitrogen and oxygen atoms in total. The summed E-state index contributed by atoms with van der Waals surface area (Å²) < 4.78 is 85.0. The van der Waals surface area contributed by atoms with Crippen LogP contribution >= 0.6 is 0 Å². The Morgan fingerprint density at radius 1 is 0.575 bits per heavy atom. The monoisotopic (exact) mass is 1100 g/mol. The number of nitrogens with one attached hydrogen (secondary N) is 2. The molecule has 2 atom stereocenters. The van der Waals surface area contributed by atoms with Gasteiger partial charge in [-0.15, -0.1) is 0 Å². The first-order valence-corrected chi connectivity index (χ1v) is 24.8. The van der Waals surface area contributed by atoms with E-state index in [9.17, 15) is 46.1 Å². The van der Waals surface area contributed by atoms with E-state index in [4.69, 9.17) is 21.4 Å². The third-order valence-corrected chi connectivity index (χ3v) is 14.3. The second-order valence-electron chi connectivity index (χ2n) is 19.2. The maximum atomic E-state index is 13.0. The maximum absolute atomic E-state index is 13.0. The van der Waals surface area contributed by atoms with Gasteiger partial charge < -0.3 is 32.3 Å². The molecule has 10 aromatic rings. The van der Waals surface area contributed by atoms with Gasteiger partial charge in [-0.05, 0) is 87.1 Å². The number of carbonyl (C=O) groups excluding carboxylic acids is 2. The number of aryl methyl sites for hydroxylation is 2. The summed E-state index contributed by atoms with van der Waals surface area (Å²) in [6.07, 6.45) is 6.51. The van der Waals surface area contributed by atoms with E-state index in [2.05, 4.69) is 40.8 Å². The molecule has 0 bridgehead atoms. The fourth-order valence-electron chi connectivity index (χ4n) is 10.4. The van der Waals surface area contributed by atoms with Crippen LogP contribution in [0, 0.1) is 0 Å². The Bertz CT molecular complexity index is 3780. The van der Waals surface area contributed by atoms with Crippen LogP contribution in [0.25, 0.3) is 33.5 Å². The lowest BCUT2D eigenvalue weighted by atomic mass is 9.82. The Labute approximate surface area is 448 Å². The van der Waals surface area contributed by atoms with Gasteiger partial charge in [-0.25, -0.2) is 29.9 Å². The first-order chi connectivity index (χ1) is 38.1. The van der Waals surface area contributed by atoms with Gasteiger partial charge in [0.1, 0.15) is 45.7 Å². The molecule has 26 heteroatoms. The van der Waals surface area contributed by atoms with Gasteiger partial charge in [0.15, 0.2) is 22.9 Å². The highest BCUT2D eigenvalue weighted by atomic mass is 19.4. The number of aliphatic hydroxyl groups is 2. The summed E-state index contributed by atoms with van der Waals surface area (Å²) in [5, 5.41) is 37.4. The van der Waals surface area contributed by atoms with Gasteiger partial charge in [-0.2, -0.15) is 36.5 Å². The molecule has 408 valence electrons. The zero-order valence-corrected chi connectivity index (χ0v) is 42.3. The van der Waals surface area contributed by atoms with E-state index < -0.39 is 46.5 Å². The van der Waals surface area contributed by atoms with Crippen molar-refractivity contribution in [3.63, 3.8) is 0 Å². The number of hydrogen-bond acceptors (Lipinski definition) is 14. The largest absolute Gasteiger partial charge is 0.416 e. The number of nitrogens with zero attached hydrogens (tertiary/aromatic N) is 12. The Hall–Kier alpha value is -9.56. The lowest BCUT2D eigenvalue weighted by molar-refractivity contribution is -0.138. The van der Waals surface area contributed by atoms with Crippen LogP contribution in [0.4, 0.5) is 49.6 Å². The molecule has 80 heavy (non-hydrogen) atoms. The molecule has 0 spiro atoms. The van der Waals surface area contributed by atoms with Crippen molar-refractivity contribution in [2.75, 3.05) is 22.1 Å². The van der Waals surface area contributed by atoms with E-state index in [1.165, 1.54) is 36.7 Å². The van der Waals surface area contributed by atoms with E-state index in [0.29, 0.717) is 69.2 Å². The van der Waals surface area contributed by atoms with Crippen LogP contribution in [-0.4, -0.2) is 80.3 Å². The summed E-state index contributed by atoms with van der Waals surface area (Å²) in [6.45, 7) is 0. The Morgan fingerprint density at radius 3 is 1.34 bits per heavy atom. The molecule has 0 aliphatic heterocycles. The average molecular weight is 1100 g/mol. The number of carbonyl (C=O) groups is 2. The number of pyridine rings is 2. The number of nitrogen functional groups attached to an aromatic ring is 2. The van der Waals surface area contributed by atoms with Crippen LogP contribution in [0.5, 0.6) is 0 Å². The summed E-state index contributed by atoms with van der Waals surface area (Å²) in [5.41, 5.74) is 14.6. The fraction of sp³-hybridized carbons (Fsp3) is 0.222. The molecule has 8 N–H and O–H groups in total. The summed E-state index contributed by atoms with van der Waals surface area (Å²) in [5.74, 6) is -0.535. The smallest absolute Gasteiger partial charge is 0.382 e. The van der Waals surface area contributed by atoms with E-state index >= 15 is 0 Å². The predicted octanol–water partition coefficient (Wildman–Crippen LogP) is 7.90. The minimum atomic E-state index is -4.56. The van der Waals surface area contributed by atoms with Gasteiger partial charge in [0.05, 0.1) is 23.5 Å². The van der Waals surface area contributed by atoms with Crippen molar-refractivity contribution in [1.29, 1.82) is 0 Å². The molecule has 0 radical (unpaired) electrons. The molecular formula is C54H46F6N16O4. The number of nitrogens with two attached hydrogens (primary N) is 2. The van der Waals surface area contributed by atoms with Gasteiger partial charge in [-0.3, -0.25) is 27.8 Å². The predicted molar refractivity (Wildman–Crippen MR) is 278 cm³/mol. The topological polar surface area (TPSA) is 273 Å². The molecule has 2 aliphatic carbocycles. The van der Waals surface area contributed by atoms with E-state index in [1.807, 2.05) is 14.1 Å². The lowest BCUT2D eigenvalue weighted by Crippen LogP contribution is -2.34. The maximum Gasteiger partial charge on any atom is 0.416 e. The first-order valence-electron chi connectivity index (χ1n) is 24.8. The summed E-state index contributed by atoms with van der Waals surface area (Å²) in [4.78, 5) is 51.2. The molecule has 2 aliphatic rings. The van der Waals surface area contributed by atoms with Gasteiger partial charge in [-0.1, -0.05) is 24.3 Å². The molecule has 2 amide bonds. The number of benzene rings is 2. The summed E-state index contributed by atoms with van der Waals surface area (Å²) in [7, 11) is 3.67. The number of anilines is 4. The number of fused-ring (bicyclic) bond motifs is 4. The van der Waals surface area contributed by atoms with Gasteiger partial charge in [0, 0.05) is 96.0 Å². The number of aromatic nitrogens is 12. The van der Waals surface area contributed by atoms with E-state index in [-0.39, 0.29) is 34.4 Å². The average Bonchev–Trinajstić information content (AvgIpc) is 4.32. The van der Waals surface area contributed by atoms with Crippen molar-refractivity contribution in [1.82, 2.24) is 58.3 Å². The van der Waals surface area contributed by atoms with Crippen LogP contribution < -0.4 is 22.1 Å². The quantitative estimate of drug-likeness (QED) is 0.0790. The number of alkyl halides is 6.